The summed E-state index contributed by atoms with van der Waals surface area (Å²) in [5.74, 6) is 1.35. The summed E-state index contributed by atoms with van der Waals surface area (Å²) in [5.41, 5.74) is 1.05. The molecule has 1 unspecified atom stereocenters. The van der Waals surface area contributed by atoms with Crippen molar-refractivity contribution in [2.75, 3.05) is 13.2 Å². The van der Waals surface area contributed by atoms with Crippen molar-refractivity contribution >= 4 is 25.9 Å². The molecule has 0 N–H and O–H groups in total. The number of benzene rings is 1. The minimum atomic E-state index is -0.736. The van der Waals surface area contributed by atoms with Gasteiger partial charge in [-0.1, -0.05) is 31.4 Å². The molecule has 0 amide bonds. The zero-order chi connectivity index (χ0) is 17.1. The molecule has 1 atom stereocenters. The molecule has 1 aromatic carbocycles. The number of carbonyl (C=O) groups excluding carboxylic acids is 2. The molecule has 0 radical (unpaired) electrons. The van der Waals surface area contributed by atoms with Crippen molar-refractivity contribution in [2.45, 2.75) is 6.10 Å². The maximum absolute atomic E-state index is 11.3. The summed E-state index contributed by atoms with van der Waals surface area (Å²) >= 11 is 0. The van der Waals surface area contributed by atoms with Crippen LogP contribution in [0.25, 0.3) is 6.08 Å². The first-order valence-electron chi connectivity index (χ1n) is 7.06. The lowest BCUT2D eigenvalue weighted by molar-refractivity contribution is -0.154. The van der Waals surface area contributed by atoms with E-state index in [4.69, 9.17) is 14.2 Å². The van der Waals surface area contributed by atoms with Crippen molar-refractivity contribution in [3.05, 3.63) is 61.1 Å². The monoisotopic (exact) mass is 314 g/mol. The van der Waals surface area contributed by atoms with Gasteiger partial charge in [0.25, 0.3) is 0 Å². The van der Waals surface area contributed by atoms with E-state index in [0.717, 1.165) is 17.7 Å². The predicted molar refractivity (Wildman–Crippen MR) is 90.7 cm³/mol. The molecule has 1 rings (SSSR count). The molecule has 0 aliphatic carbocycles. The molecule has 5 nitrogen and oxygen atoms in total. The third kappa shape index (κ3) is 7.17. The summed E-state index contributed by atoms with van der Waals surface area (Å²) in [5, 5.41) is 0. The van der Waals surface area contributed by atoms with Gasteiger partial charge in [0.2, 0.25) is 0 Å². The molecule has 0 fully saturated rings. The van der Waals surface area contributed by atoms with Gasteiger partial charge in [0.15, 0.2) is 6.10 Å². The van der Waals surface area contributed by atoms with Crippen LogP contribution in [0.5, 0.6) is 5.75 Å². The molecule has 0 aliphatic rings. The lowest BCUT2D eigenvalue weighted by atomic mass is 10.1. The summed E-state index contributed by atoms with van der Waals surface area (Å²) in [6, 6.07) is 7.41. The van der Waals surface area contributed by atoms with Gasteiger partial charge >= 0.3 is 11.9 Å². The van der Waals surface area contributed by atoms with E-state index in [1.165, 1.54) is 0 Å². The highest BCUT2D eigenvalue weighted by Crippen LogP contribution is 2.14. The number of ether oxygens (including phenoxy) is 3. The van der Waals surface area contributed by atoms with Crippen molar-refractivity contribution in [1.82, 2.24) is 0 Å². The van der Waals surface area contributed by atoms with Crippen LogP contribution in [0.15, 0.2) is 55.6 Å². The Morgan fingerprint density at radius 3 is 2.30 bits per heavy atom. The van der Waals surface area contributed by atoms with Crippen LogP contribution in [0.2, 0.25) is 0 Å². The highest BCUT2D eigenvalue weighted by Gasteiger charge is 2.16. The van der Waals surface area contributed by atoms with Crippen LogP contribution >= 0.6 is 0 Å². The summed E-state index contributed by atoms with van der Waals surface area (Å²) < 4.78 is 15.5. The van der Waals surface area contributed by atoms with Gasteiger partial charge in [0.05, 0.1) is 0 Å². The standard InChI is InChI=1S/C17H19BO5/c1-3-16(19)22-12-15(23-17(20)4-2)11-21-14-7-5-13(6-8-14)9-10-18/h3-10,15H,1-2,11-12,18H2. The van der Waals surface area contributed by atoms with Crippen LogP contribution < -0.4 is 4.74 Å². The molecular formula is C17H19BO5. The van der Waals surface area contributed by atoms with E-state index < -0.39 is 18.0 Å². The number of hydrogen-bond acceptors (Lipinski definition) is 5. The van der Waals surface area contributed by atoms with Gasteiger partial charge in [-0.15, -0.1) is 5.98 Å². The van der Waals surface area contributed by atoms with Crippen molar-refractivity contribution in [2.24, 2.45) is 0 Å². The quantitative estimate of drug-likeness (QED) is 0.393. The van der Waals surface area contributed by atoms with E-state index in [-0.39, 0.29) is 13.2 Å². The number of hydrogen-bond donors (Lipinski definition) is 0. The second kappa shape index (κ2) is 10.1. The minimum Gasteiger partial charge on any atom is -0.490 e. The van der Waals surface area contributed by atoms with Crippen LogP contribution in [-0.2, 0) is 19.1 Å². The summed E-state index contributed by atoms with van der Waals surface area (Å²) in [6.45, 7) is 6.55. The fourth-order valence-electron chi connectivity index (χ4n) is 1.62. The lowest BCUT2D eigenvalue weighted by Gasteiger charge is -2.17. The minimum absolute atomic E-state index is 0.0486. The van der Waals surface area contributed by atoms with Crippen molar-refractivity contribution in [3.63, 3.8) is 0 Å². The molecule has 0 aromatic heterocycles. The van der Waals surface area contributed by atoms with E-state index in [0.29, 0.717) is 5.75 Å². The van der Waals surface area contributed by atoms with E-state index in [1.54, 1.807) is 12.1 Å². The Balaban J connectivity index is 2.60. The van der Waals surface area contributed by atoms with Gasteiger partial charge in [-0.25, -0.2) is 9.59 Å². The zero-order valence-corrected chi connectivity index (χ0v) is 13.1. The van der Waals surface area contributed by atoms with Crippen LogP contribution in [-0.4, -0.2) is 39.1 Å². The number of rotatable bonds is 9. The van der Waals surface area contributed by atoms with Crippen LogP contribution in [0.4, 0.5) is 0 Å². The molecule has 0 saturated heterocycles. The van der Waals surface area contributed by atoms with Crippen molar-refractivity contribution in [1.29, 1.82) is 0 Å². The highest BCUT2D eigenvalue weighted by atomic mass is 16.6. The molecule has 0 aliphatic heterocycles. The van der Waals surface area contributed by atoms with E-state index in [2.05, 4.69) is 13.2 Å². The first-order valence-corrected chi connectivity index (χ1v) is 7.06. The molecule has 6 heteroatoms. The predicted octanol–water partition coefficient (Wildman–Crippen LogP) is 1.50. The summed E-state index contributed by atoms with van der Waals surface area (Å²) in [7, 11) is 1.94. The average Bonchev–Trinajstić information content (AvgIpc) is 2.58. The molecule has 0 heterocycles. The third-order valence-corrected chi connectivity index (χ3v) is 2.70. The summed E-state index contributed by atoms with van der Waals surface area (Å²) in [4.78, 5) is 22.4. The second-order valence-corrected chi connectivity index (χ2v) is 4.48. The average molecular weight is 314 g/mol. The first kappa shape index (κ1) is 18.3. The molecule has 0 saturated carbocycles. The molecule has 0 spiro atoms. The van der Waals surface area contributed by atoms with Gasteiger partial charge in [0, 0.05) is 12.2 Å². The second-order valence-electron chi connectivity index (χ2n) is 4.48. The Labute approximate surface area is 136 Å². The maximum atomic E-state index is 11.3. The Morgan fingerprint density at radius 1 is 1.09 bits per heavy atom. The smallest absolute Gasteiger partial charge is 0.330 e. The lowest BCUT2D eigenvalue weighted by Crippen LogP contribution is -2.30. The van der Waals surface area contributed by atoms with Gasteiger partial charge in [-0.3, -0.25) is 0 Å². The van der Waals surface area contributed by atoms with Crippen LogP contribution in [0.1, 0.15) is 5.56 Å². The Bertz CT molecular complexity index is 577. The normalized spacial score (nSPS) is 11.5. The van der Waals surface area contributed by atoms with Crippen LogP contribution in [0.3, 0.4) is 0 Å². The van der Waals surface area contributed by atoms with E-state index in [9.17, 15) is 9.59 Å². The zero-order valence-electron chi connectivity index (χ0n) is 13.1. The van der Waals surface area contributed by atoms with E-state index >= 15 is 0 Å². The van der Waals surface area contributed by atoms with Crippen LogP contribution in [0, 0.1) is 0 Å². The van der Waals surface area contributed by atoms with Gasteiger partial charge in [-0.05, 0) is 17.7 Å². The maximum Gasteiger partial charge on any atom is 0.330 e. The van der Waals surface area contributed by atoms with Gasteiger partial charge < -0.3 is 14.2 Å². The molecule has 0 bridgehead atoms. The van der Waals surface area contributed by atoms with Gasteiger partial charge in [-0.2, -0.15) is 0 Å². The highest BCUT2D eigenvalue weighted by molar-refractivity contribution is 6.19. The first-order chi connectivity index (χ1) is 11.1. The van der Waals surface area contributed by atoms with E-state index in [1.807, 2.05) is 32.0 Å². The Morgan fingerprint density at radius 2 is 1.74 bits per heavy atom. The largest absolute Gasteiger partial charge is 0.490 e. The molecule has 120 valence electrons. The fourth-order valence-corrected chi connectivity index (χ4v) is 1.62. The van der Waals surface area contributed by atoms with Crippen molar-refractivity contribution in [3.8, 4) is 5.75 Å². The Kier molecular flexibility index (Phi) is 8.00. The van der Waals surface area contributed by atoms with Crippen molar-refractivity contribution < 1.29 is 23.8 Å². The fraction of sp³-hybridized carbons (Fsp3) is 0.176. The molecule has 23 heavy (non-hydrogen) atoms. The topological polar surface area (TPSA) is 61.8 Å². The molecule has 1 aromatic rings. The summed E-state index contributed by atoms with van der Waals surface area (Å²) in [6.07, 6.45) is 3.30. The Hall–Kier alpha value is -2.76. The number of carbonyl (C=O) groups is 2. The SMILES string of the molecule is BC=Cc1ccc(OCC(COC(=O)C=C)OC(=O)C=C)cc1. The third-order valence-electron chi connectivity index (χ3n) is 2.70. The molecular weight excluding hydrogens is 295 g/mol. The number of esters is 2. The van der Waals surface area contributed by atoms with Gasteiger partial charge in [0.1, 0.15) is 26.8 Å².